The molecular weight excluding hydrogens is 428 g/mol. The Balaban J connectivity index is 1.56. The van der Waals surface area contributed by atoms with Crippen LogP contribution in [0.4, 0.5) is 0 Å². The van der Waals surface area contributed by atoms with Gasteiger partial charge in [0.2, 0.25) is 15.9 Å². The van der Waals surface area contributed by atoms with Crippen molar-refractivity contribution in [1.29, 1.82) is 0 Å². The minimum absolute atomic E-state index is 0.0120. The molecule has 1 saturated heterocycles. The van der Waals surface area contributed by atoms with Gasteiger partial charge in [-0.05, 0) is 49.9 Å². The van der Waals surface area contributed by atoms with Crippen LogP contribution in [0.3, 0.4) is 0 Å². The summed E-state index contributed by atoms with van der Waals surface area (Å²) in [6, 6.07) is 12.9. The standard InChI is InChI=1S/C24H32N2O5S/c1-17-6-5-7-19(14-17)16-32(28,29)26-12-10-20(11-13-26)24(27)25-18(2)21-8-9-22(30-3)23(15-21)31-4/h5-9,14-15,18,20H,10-13,16H2,1-4H3,(H,25,27). The second-order valence-corrected chi connectivity index (χ2v) is 10.2. The predicted molar refractivity (Wildman–Crippen MR) is 124 cm³/mol. The molecule has 1 aliphatic rings. The third-order valence-corrected chi connectivity index (χ3v) is 7.77. The van der Waals surface area contributed by atoms with Crippen molar-refractivity contribution in [3.05, 3.63) is 59.2 Å². The van der Waals surface area contributed by atoms with Gasteiger partial charge in [-0.1, -0.05) is 35.9 Å². The summed E-state index contributed by atoms with van der Waals surface area (Å²) in [5.41, 5.74) is 2.74. The summed E-state index contributed by atoms with van der Waals surface area (Å²) < 4.78 is 37.8. The summed E-state index contributed by atoms with van der Waals surface area (Å²) in [5, 5.41) is 3.05. The van der Waals surface area contributed by atoms with Gasteiger partial charge in [0, 0.05) is 19.0 Å². The number of sulfonamides is 1. The summed E-state index contributed by atoms with van der Waals surface area (Å²) >= 11 is 0. The van der Waals surface area contributed by atoms with Gasteiger partial charge < -0.3 is 14.8 Å². The van der Waals surface area contributed by atoms with Gasteiger partial charge >= 0.3 is 0 Å². The topological polar surface area (TPSA) is 84.9 Å². The number of aryl methyl sites for hydroxylation is 1. The van der Waals surface area contributed by atoms with Crippen molar-refractivity contribution < 1.29 is 22.7 Å². The molecule has 0 spiro atoms. The van der Waals surface area contributed by atoms with Crippen molar-refractivity contribution >= 4 is 15.9 Å². The number of methoxy groups -OCH3 is 2. The molecule has 1 unspecified atom stereocenters. The zero-order valence-electron chi connectivity index (χ0n) is 19.1. The molecule has 2 aromatic carbocycles. The van der Waals surface area contributed by atoms with Crippen LogP contribution in [0.5, 0.6) is 11.5 Å². The van der Waals surface area contributed by atoms with Crippen LogP contribution in [0.25, 0.3) is 0 Å². The number of hydrogen-bond acceptors (Lipinski definition) is 5. The van der Waals surface area contributed by atoms with Crippen LogP contribution in [0.15, 0.2) is 42.5 Å². The van der Waals surface area contributed by atoms with Gasteiger partial charge in [0.05, 0.1) is 26.0 Å². The van der Waals surface area contributed by atoms with Crippen molar-refractivity contribution in [2.75, 3.05) is 27.3 Å². The molecule has 0 radical (unpaired) electrons. The first-order valence-corrected chi connectivity index (χ1v) is 12.4. The average Bonchev–Trinajstić information content (AvgIpc) is 2.78. The van der Waals surface area contributed by atoms with Gasteiger partial charge in [-0.15, -0.1) is 0 Å². The SMILES string of the molecule is COc1ccc(C(C)NC(=O)C2CCN(S(=O)(=O)Cc3cccc(C)c3)CC2)cc1OC. The molecule has 1 fully saturated rings. The highest BCUT2D eigenvalue weighted by Crippen LogP contribution is 2.30. The maximum Gasteiger partial charge on any atom is 0.223 e. The molecule has 0 aliphatic carbocycles. The van der Waals surface area contributed by atoms with E-state index in [-0.39, 0.29) is 23.6 Å². The second kappa shape index (κ2) is 10.4. The monoisotopic (exact) mass is 460 g/mol. The van der Waals surface area contributed by atoms with Gasteiger partial charge in [0.25, 0.3) is 0 Å². The molecule has 3 rings (SSSR count). The molecular formula is C24H32N2O5S. The number of carbonyl (C=O) groups excluding carboxylic acids is 1. The van der Waals surface area contributed by atoms with Crippen molar-refractivity contribution in [2.45, 2.75) is 38.5 Å². The van der Waals surface area contributed by atoms with Gasteiger partial charge in [-0.3, -0.25) is 4.79 Å². The number of piperidine rings is 1. The van der Waals surface area contributed by atoms with Gasteiger partial charge in [-0.25, -0.2) is 12.7 Å². The lowest BCUT2D eigenvalue weighted by Crippen LogP contribution is -2.43. The maximum atomic E-state index is 12.8. The minimum Gasteiger partial charge on any atom is -0.493 e. The number of hydrogen-bond donors (Lipinski definition) is 1. The Morgan fingerprint density at radius 3 is 2.41 bits per heavy atom. The fraction of sp³-hybridized carbons (Fsp3) is 0.458. The van der Waals surface area contributed by atoms with Crippen LogP contribution in [0.1, 0.15) is 42.5 Å². The molecule has 7 nitrogen and oxygen atoms in total. The van der Waals surface area contributed by atoms with E-state index in [4.69, 9.17) is 9.47 Å². The summed E-state index contributed by atoms with van der Waals surface area (Å²) in [7, 11) is -0.252. The fourth-order valence-corrected chi connectivity index (χ4v) is 5.59. The van der Waals surface area contributed by atoms with E-state index in [1.54, 1.807) is 14.2 Å². The first-order valence-electron chi connectivity index (χ1n) is 10.8. The lowest BCUT2D eigenvalue weighted by atomic mass is 9.96. The molecule has 1 atom stereocenters. The van der Waals surface area contributed by atoms with Gasteiger partial charge in [0.1, 0.15) is 0 Å². The quantitative estimate of drug-likeness (QED) is 0.652. The van der Waals surface area contributed by atoms with E-state index in [9.17, 15) is 13.2 Å². The summed E-state index contributed by atoms with van der Waals surface area (Å²) in [6.45, 7) is 4.58. The number of nitrogens with zero attached hydrogens (tertiary/aromatic N) is 1. The summed E-state index contributed by atoms with van der Waals surface area (Å²) in [6.07, 6.45) is 1.02. The zero-order chi connectivity index (χ0) is 23.3. The van der Waals surface area contributed by atoms with E-state index in [1.165, 1.54) is 4.31 Å². The molecule has 8 heteroatoms. The van der Waals surface area contributed by atoms with Crippen LogP contribution in [0, 0.1) is 12.8 Å². The Kier molecular flexibility index (Phi) is 7.79. The molecule has 1 N–H and O–H groups in total. The first kappa shape index (κ1) is 24.1. The van der Waals surface area contributed by atoms with Crippen molar-refractivity contribution in [3.63, 3.8) is 0 Å². The highest BCUT2D eigenvalue weighted by Gasteiger charge is 2.31. The number of carbonyl (C=O) groups is 1. The van der Waals surface area contributed by atoms with Crippen LogP contribution in [-0.2, 0) is 20.6 Å². The van der Waals surface area contributed by atoms with E-state index in [1.807, 2.05) is 56.3 Å². The average molecular weight is 461 g/mol. The fourth-order valence-electron chi connectivity index (χ4n) is 4.04. The molecule has 1 amide bonds. The van der Waals surface area contributed by atoms with Crippen LogP contribution in [-0.4, -0.2) is 45.9 Å². The maximum absolute atomic E-state index is 12.8. The Morgan fingerprint density at radius 1 is 1.09 bits per heavy atom. The van der Waals surface area contributed by atoms with Gasteiger partial charge in [0.15, 0.2) is 11.5 Å². The lowest BCUT2D eigenvalue weighted by Gasteiger charge is -2.31. The highest BCUT2D eigenvalue weighted by atomic mass is 32.2. The largest absolute Gasteiger partial charge is 0.493 e. The first-order chi connectivity index (χ1) is 15.2. The minimum atomic E-state index is -3.41. The normalized spacial score (nSPS) is 16.4. The Morgan fingerprint density at radius 2 is 1.78 bits per heavy atom. The molecule has 174 valence electrons. The third-order valence-electron chi connectivity index (χ3n) is 5.92. The number of nitrogens with one attached hydrogen (secondary N) is 1. The van der Waals surface area contributed by atoms with Crippen LogP contribution in [0.2, 0.25) is 0 Å². The Hall–Kier alpha value is -2.58. The summed E-state index contributed by atoms with van der Waals surface area (Å²) in [5.74, 6) is 0.972. The van der Waals surface area contributed by atoms with E-state index in [0.717, 1.165) is 16.7 Å². The lowest BCUT2D eigenvalue weighted by molar-refractivity contribution is -0.126. The molecule has 2 aromatic rings. The Bertz CT molecular complexity index is 1050. The highest BCUT2D eigenvalue weighted by molar-refractivity contribution is 7.88. The van der Waals surface area contributed by atoms with E-state index >= 15 is 0 Å². The van der Waals surface area contributed by atoms with Crippen LogP contribution >= 0.6 is 0 Å². The predicted octanol–water partition coefficient (Wildman–Crippen LogP) is 3.43. The molecule has 1 heterocycles. The zero-order valence-corrected chi connectivity index (χ0v) is 19.9. The number of rotatable bonds is 8. The van der Waals surface area contributed by atoms with E-state index in [0.29, 0.717) is 37.4 Å². The van der Waals surface area contributed by atoms with E-state index < -0.39 is 10.0 Å². The molecule has 0 aromatic heterocycles. The smallest absolute Gasteiger partial charge is 0.223 e. The van der Waals surface area contributed by atoms with Crippen molar-refractivity contribution in [1.82, 2.24) is 9.62 Å². The molecule has 32 heavy (non-hydrogen) atoms. The van der Waals surface area contributed by atoms with Crippen molar-refractivity contribution in [3.8, 4) is 11.5 Å². The van der Waals surface area contributed by atoms with Crippen molar-refractivity contribution in [2.24, 2.45) is 5.92 Å². The van der Waals surface area contributed by atoms with E-state index in [2.05, 4.69) is 5.32 Å². The van der Waals surface area contributed by atoms with Gasteiger partial charge in [-0.2, -0.15) is 0 Å². The molecule has 1 aliphatic heterocycles. The number of benzene rings is 2. The molecule has 0 bridgehead atoms. The Labute approximate surface area is 190 Å². The summed E-state index contributed by atoms with van der Waals surface area (Å²) in [4.78, 5) is 12.8. The third kappa shape index (κ3) is 5.81. The molecule has 0 saturated carbocycles. The number of ether oxygens (including phenoxy) is 2. The second-order valence-electron chi connectivity index (χ2n) is 8.26. The number of amides is 1. The van der Waals surface area contributed by atoms with Crippen LogP contribution < -0.4 is 14.8 Å².